The molecular formula is C20H17NO4S. The molecule has 0 spiro atoms. The molecule has 2 heterocycles. The van der Waals surface area contributed by atoms with Crippen molar-refractivity contribution in [2.75, 3.05) is 0 Å². The Morgan fingerprint density at radius 1 is 1.08 bits per heavy atom. The molecule has 2 atom stereocenters. The maximum atomic E-state index is 12.7. The Morgan fingerprint density at radius 3 is 2.62 bits per heavy atom. The number of ether oxygens (including phenoxy) is 1. The number of esters is 1. The molecule has 0 fully saturated rings. The average molecular weight is 367 g/mol. The van der Waals surface area contributed by atoms with Gasteiger partial charge in [0.25, 0.3) is 5.91 Å². The second-order valence-electron chi connectivity index (χ2n) is 6.34. The molecule has 0 saturated carbocycles. The number of allylic oxidation sites excluding steroid dienone is 1. The number of amides is 1. The van der Waals surface area contributed by atoms with Crippen LogP contribution in [-0.4, -0.2) is 23.7 Å². The van der Waals surface area contributed by atoms with Gasteiger partial charge in [0.2, 0.25) is 0 Å². The number of carbonyl (C=O) groups is 3. The molecular weight excluding hydrogens is 350 g/mol. The van der Waals surface area contributed by atoms with E-state index in [1.165, 1.54) is 11.3 Å². The van der Waals surface area contributed by atoms with Crippen LogP contribution in [0.2, 0.25) is 0 Å². The van der Waals surface area contributed by atoms with Crippen LogP contribution in [0.5, 0.6) is 0 Å². The Labute approximate surface area is 154 Å². The fourth-order valence-corrected chi connectivity index (χ4v) is 4.38. The van der Waals surface area contributed by atoms with Gasteiger partial charge in [0.05, 0.1) is 5.92 Å². The van der Waals surface area contributed by atoms with E-state index in [9.17, 15) is 14.4 Å². The SMILES string of the molecule is O=C1CCCC2=C1C(c1cccs1)C(NC(=O)c1ccccc1)C(=O)O2. The number of nitrogens with one attached hydrogen (secondary N) is 1. The van der Waals surface area contributed by atoms with Gasteiger partial charge in [0, 0.05) is 28.9 Å². The summed E-state index contributed by atoms with van der Waals surface area (Å²) in [5.74, 6) is -0.903. The van der Waals surface area contributed by atoms with E-state index in [4.69, 9.17) is 4.74 Å². The Kier molecular flexibility index (Phi) is 4.42. The van der Waals surface area contributed by atoms with Crippen LogP contribution in [0, 0.1) is 0 Å². The Hall–Kier alpha value is -2.73. The Bertz CT molecular complexity index is 886. The van der Waals surface area contributed by atoms with Gasteiger partial charge in [0.15, 0.2) is 5.78 Å². The molecule has 1 aliphatic carbocycles. The van der Waals surface area contributed by atoms with E-state index in [1.54, 1.807) is 24.3 Å². The van der Waals surface area contributed by atoms with Crippen molar-refractivity contribution in [3.8, 4) is 0 Å². The van der Waals surface area contributed by atoms with E-state index in [1.807, 2.05) is 23.6 Å². The van der Waals surface area contributed by atoms with Gasteiger partial charge in [-0.15, -0.1) is 11.3 Å². The maximum Gasteiger partial charge on any atom is 0.334 e. The number of carbonyl (C=O) groups excluding carboxylic acids is 3. The fraction of sp³-hybridized carbons (Fsp3) is 0.250. The molecule has 132 valence electrons. The van der Waals surface area contributed by atoms with E-state index in [2.05, 4.69) is 5.32 Å². The quantitative estimate of drug-likeness (QED) is 0.846. The van der Waals surface area contributed by atoms with E-state index in [-0.39, 0.29) is 11.7 Å². The Balaban J connectivity index is 1.73. The van der Waals surface area contributed by atoms with Gasteiger partial charge in [-0.05, 0) is 30.0 Å². The van der Waals surface area contributed by atoms with Crippen molar-refractivity contribution in [3.63, 3.8) is 0 Å². The van der Waals surface area contributed by atoms with Crippen LogP contribution in [0.4, 0.5) is 0 Å². The van der Waals surface area contributed by atoms with E-state index in [0.29, 0.717) is 36.2 Å². The molecule has 0 saturated heterocycles. The lowest BCUT2D eigenvalue weighted by Gasteiger charge is -2.35. The molecule has 1 amide bonds. The molecule has 2 unspecified atom stereocenters. The molecule has 26 heavy (non-hydrogen) atoms. The number of rotatable bonds is 3. The summed E-state index contributed by atoms with van der Waals surface area (Å²) in [5, 5.41) is 4.69. The summed E-state index contributed by atoms with van der Waals surface area (Å²) in [6, 6.07) is 11.6. The number of hydrogen-bond donors (Lipinski definition) is 1. The highest BCUT2D eigenvalue weighted by Crippen LogP contribution is 2.42. The summed E-state index contributed by atoms with van der Waals surface area (Å²) in [6.07, 6.45) is 1.70. The number of thiophene rings is 1. The van der Waals surface area contributed by atoms with Crippen molar-refractivity contribution in [3.05, 3.63) is 69.6 Å². The molecule has 0 bridgehead atoms. The van der Waals surface area contributed by atoms with Gasteiger partial charge in [-0.25, -0.2) is 4.79 Å². The summed E-state index contributed by atoms with van der Waals surface area (Å²) in [6.45, 7) is 0. The minimum Gasteiger partial charge on any atom is -0.429 e. The van der Waals surface area contributed by atoms with Crippen LogP contribution in [0.3, 0.4) is 0 Å². The minimum atomic E-state index is -0.915. The maximum absolute atomic E-state index is 12.7. The smallest absolute Gasteiger partial charge is 0.334 e. The van der Waals surface area contributed by atoms with Crippen LogP contribution < -0.4 is 5.32 Å². The third-order valence-corrected chi connectivity index (χ3v) is 5.66. The monoisotopic (exact) mass is 367 g/mol. The van der Waals surface area contributed by atoms with Crippen molar-refractivity contribution in [2.45, 2.75) is 31.2 Å². The first-order chi connectivity index (χ1) is 12.6. The summed E-state index contributed by atoms with van der Waals surface area (Å²) < 4.78 is 5.45. The molecule has 5 nitrogen and oxygen atoms in total. The van der Waals surface area contributed by atoms with Crippen molar-refractivity contribution >= 4 is 29.0 Å². The zero-order chi connectivity index (χ0) is 18.1. The van der Waals surface area contributed by atoms with E-state index in [0.717, 1.165) is 4.88 Å². The standard InChI is InChI=1S/C20H17NO4S/c22-13-8-4-9-14-16(13)17(15-10-5-11-26-15)18(20(24)25-14)21-19(23)12-6-2-1-3-7-12/h1-3,5-7,10-11,17-18H,4,8-9H2,(H,21,23). The zero-order valence-corrected chi connectivity index (χ0v) is 14.8. The molecule has 1 aromatic heterocycles. The van der Waals surface area contributed by atoms with Crippen LogP contribution in [0.1, 0.15) is 40.4 Å². The van der Waals surface area contributed by atoms with Crippen molar-refractivity contribution < 1.29 is 19.1 Å². The highest BCUT2D eigenvalue weighted by Gasteiger charge is 2.45. The summed E-state index contributed by atoms with van der Waals surface area (Å²) in [7, 11) is 0. The average Bonchev–Trinajstić information content (AvgIpc) is 3.18. The molecule has 1 aromatic carbocycles. The fourth-order valence-electron chi connectivity index (χ4n) is 3.51. The number of benzene rings is 1. The summed E-state index contributed by atoms with van der Waals surface area (Å²) in [4.78, 5) is 38.7. The summed E-state index contributed by atoms with van der Waals surface area (Å²) in [5.41, 5.74) is 0.997. The minimum absolute atomic E-state index is 0.00360. The highest BCUT2D eigenvalue weighted by atomic mass is 32.1. The predicted molar refractivity (Wildman–Crippen MR) is 96.7 cm³/mol. The molecule has 2 aliphatic rings. The van der Waals surface area contributed by atoms with Gasteiger partial charge in [0.1, 0.15) is 11.8 Å². The largest absolute Gasteiger partial charge is 0.429 e. The first-order valence-corrected chi connectivity index (χ1v) is 9.40. The number of ketones is 1. The first kappa shape index (κ1) is 16.7. The van der Waals surface area contributed by atoms with Gasteiger partial charge in [-0.3, -0.25) is 9.59 Å². The Morgan fingerprint density at radius 2 is 1.88 bits per heavy atom. The molecule has 2 aromatic rings. The van der Waals surface area contributed by atoms with Crippen LogP contribution in [0.15, 0.2) is 59.2 Å². The molecule has 0 radical (unpaired) electrons. The molecule has 4 rings (SSSR count). The second kappa shape index (κ2) is 6.88. The highest BCUT2D eigenvalue weighted by molar-refractivity contribution is 7.10. The first-order valence-electron chi connectivity index (χ1n) is 8.52. The van der Waals surface area contributed by atoms with E-state index >= 15 is 0 Å². The van der Waals surface area contributed by atoms with Crippen LogP contribution >= 0.6 is 11.3 Å². The van der Waals surface area contributed by atoms with Gasteiger partial charge < -0.3 is 10.1 Å². The van der Waals surface area contributed by atoms with Gasteiger partial charge in [-0.2, -0.15) is 0 Å². The number of hydrogen-bond acceptors (Lipinski definition) is 5. The van der Waals surface area contributed by atoms with Crippen LogP contribution in [-0.2, 0) is 14.3 Å². The van der Waals surface area contributed by atoms with Crippen molar-refractivity contribution in [1.82, 2.24) is 5.32 Å². The topological polar surface area (TPSA) is 72.5 Å². The summed E-state index contributed by atoms with van der Waals surface area (Å²) >= 11 is 1.47. The second-order valence-corrected chi connectivity index (χ2v) is 7.32. The normalized spacial score (nSPS) is 22.6. The van der Waals surface area contributed by atoms with E-state index < -0.39 is 17.9 Å². The molecule has 1 N–H and O–H groups in total. The van der Waals surface area contributed by atoms with Gasteiger partial charge >= 0.3 is 5.97 Å². The lowest BCUT2D eigenvalue weighted by atomic mass is 9.80. The van der Waals surface area contributed by atoms with Crippen LogP contribution in [0.25, 0.3) is 0 Å². The zero-order valence-electron chi connectivity index (χ0n) is 13.9. The van der Waals surface area contributed by atoms with Crippen molar-refractivity contribution in [1.29, 1.82) is 0 Å². The van der Waals surface area contributed by atoms with Crippen molar-refractivity contribution in [2.24, 2.45) is 0 Å². The third kappa shape index (κ3) is 2.97. The molecule has 6 heteroatoms. The number of Topliss-reactive ketones (excluding diaryl/α,β-unsaturated/α-hetero) is 1. The lowest BCUT2D eigenvalue weighted by molar-refractivity contribution is -0.144. The van der Waals surface area contributed by atoms with Gasteiger partial charge in [-0.1, -0.05) is 24.3 Å². The lowest BCUT2D eigenvalue weighted by Crippen LogP contribution is -2.50. The predicted octanol–water partition coefficient (Wildman–Crippen LogP) is 3.19. The third-order valence-electron chi connectivity index (χ3n) is 4.70. The molecule has 1 aliphatic heterocycles.